The highest BCUT2D eigenvalue weighted by Gasteiger charge is 2.31. The van der Waals surface area contributed by atoms with Crippen molar-refractivity contribution in [3.8, 4) is 0 Å². The van der Waals surface area contributed by atoms with E-state index in [0.717, 1.165) is 5.69 Å². The first-order valence-electron chi connectivity index (χ1n) is 10.7. The van der Waals surface area contributed by atoms with Gasteiger partial charge in [-0.3, -0.25) is 19.7 Å². The number of carbonyl (C=O) groups is 2. The summed E-state index contributed by atoms with van der Waals surface area (Å²) in [5.41, 5.74) is 2.27. The summed E-state index contributed by atoms with van der Waals surface area (Å²) in [5, 5.41) is 12.6. The van der Waals surface area contributed by atoms with E-state index >= 15 is 0 Å². The average Bonchev–Trinajstić information content (AvgIpc) is 3.55. The molecule has 4 heterocycles. The van der Waals surface area contributed by atoms with E-state index < -0.39 is 15.9 Å². The third kappa shape index (κ3) is 4.44. The molecule has 12 heteroatoms. The second kappa shape index (κ2) is 9.16. The Bertz CT molecular complexity index is 1480. The summed E-state index contributed by atoms with van der Waals surface area (Å²) >= 11 is 0. The molecule has 11 nitrogen and oxygen atoms in total. The van der Waals surface area contributed by atoms with Crippen LogP contribution < -0.4 is 10.6 Å². The summed E-state index contributed by atoms with van der Waals surface area (Å²) in [5.74, 6) is -0.640. The van der Waals surface area contributed by atoms with Crippen LogP contribution in [-0.2, 0) is 23.0 Å². The lowest BCUT2D eigenvalue weighted by atomic mass is 10.1. The summed E-state index contributed by atoms with van der Waals surface area (Å²) in [6.45, 7) is 0.317. The Kier molecular flexibility index (Phi) is 5.89. The molecule has 0 aliphatic carbocycles. The van der Waals surface area contributed by atoms with E-state index in [2.05, 4.69) is 30.8 Å². The lowest BCUT2D eigenvalue weighted by Crippen LogP contribution is -2.36. The Morgan fingerprint density at radius 3 is 2.63 bits per heavy atom. The number of pyridine rings is 1. The molecule has 4 aromatic rings. The molecule has 4 N–H and O–H groups in total. The summed E-state index contributed by atoms with van der Waals surface area (Å²) in [7, 11) is -3.76. The normalized spacial score (nSPS) is 13.7. The van der Waals surface area contributed by atoms with E-state index in [9.17, 15) is 18.0 Å². The van der Waals surface area contributed by atoms with Gasteiger partial charge in [-0.2, -0.15) is 9.40 Å². The van der Waals surface area contributed by atoms with Crippen molar-refractivity contribution in [2.75, 3.05) is 17.2 Å². The molecule has 0 fully saturated rings. The number of nitrogens with zero attached hydrogens (tertiary/aromatic N) is 3. The van der Waals surface area contributed by atoms with E-state index in [1.807, 2.05) is 0 Å². The average molecular weight is 492 g/mol. The quantitative estimate of drug-likeness (QED) is 0.325. The van der Waals surface area contributed by atoms with Crippen LogP contribution in [0.2, 0.25) is 0 Å². The number of fused-ring (bicyclic) bond motifs is 1. The predicted molar refractivity (Wildman–Crippen MR) is 127 cm³/mol. The van der Waals surface area contributed by atoms with Crippen molar-refractivity contribution in [1.82, 2.24) is 24.5 Å². The molecule has 0 saturated heterocycles. The van der Waals surface area contributed by atoms with Crippen LogP contribution >= 0.6 is 0 Å². The monoisotopic (exact) mass is 491 g/mol. The second-order valence-corrected chi connectivity index (χ2v) is 9.78. The number of sulfonamides is 1. The maximum atomic E-state index is 13.1. The summed E-state index contributed by atoms with van der Waals surface area (Å²) in [6, 6.07) is 13.0. The number of aromatic amines is 2. The van der Waals surface area contributed by atoms with Gasteiger partial charge in [0.15, 0.2) is 5.82 Å². The van der Waals surface area contributed by atoms with Crippen LogP contribution in [0, 0.1) is 0 Å². The molecular weight excluding hydrogens is 470 g/mol. The van der Waals surface area contributed by atoms with E-state index in [-0.39, 0.29) is 35.3 Å². The van der Waals surface area contributed by atoms with Gasteiger partial charge in [0.05, 0.1) is 11.3 Å². The minimum absolute atomic E-state index is 0.0455. The molecule has 0 bridgehead atoms. The fraction of sp³-hybridized carbons (Fsp3) is 0.130. The Balaban J connectivity index is 1.36. The third-order valence-electron chi connectivity index (χ3n) is 5.67. The number of H-pyrrole nitrogens is 2. The molecule has 0 saturated carbocycles. The molecule has 178 valence electrons. The topological polar surface area (TPSA) is 153 Å². The summed E-state index contributed by atoms with van der Waals surface area (Å²) in [6.07, 6.45) is 4.86. The zero-order chi connectivity index (χ0) is 24.4. The molecule has 3 aromatic heterocycles. The van der Waals surface area contributed by atoms with Crippen molar-refractivity contribution in [3.05, 3.63) is 89.6 Å². The SMILES string of the molecule is O=C(Nc1ccccc1C(=O)Nc1n[nH]c2c1CN(S(=O)(=O)c1cccnc1)CC2)c1ccc[nH]1. The molecule has 0 unspecified atom stereocenters. The summed E-state index contributed by atoms with van der Waals surface area (Å²) in [4.78, 5) is 32.4. The van der Waals surface area contributed by atoms with Crippen LogP contribution in [0.25, 0.3) is 0 Å². The van der Waals surface area contributed by atoms with Gasteiger partial charge < -0.3 is 15.6 Å². The van der Waals surface area contributed by atoms with Gasteiger partial charge in [-0.15, -0.1) is 0 Å². The van der Waals surface area contributed by atoms with E-state index in [4.69, 9.17) is 0 Å². The lowest BCUT2D eigenvalue weighted by Gasteiger charge is -2.26. The minimum atomic E-state index is -3.76. The van der Waals surface area contributed by atoms with Gasteiger partial charge in [-0.05, 0) is 36.4 Å². The molecule has 1 aromatic carbocycles. The van der Waals surface area contributed by atoms with Crippen LogP contribution in [0.15, 0.2) is 72.0 Å². The molecule has 0 spiro atoms. The van der Waals surface area contributed by atoms with Gasteiger partial charge >= 0.3 is 0 Å². The molecule has 35 heavy (non-hydrogen) atoms. The van der Waals surface area contributed by atoms with Gasteiger partial charge in [0.2, 0.25) is 10.0 Å². The zero-order valence-electron chi connectivity index (χ0n) is 18.4. The van der Waals surface area contributed by atoms with Crippen molar-refractivity contribution in [2.24, 2.45) is 0 Å². The van der Waals surface area contributed by atoms with Crippen molar-refractivity contribution >= 4 is 33.3 Å². The number of aromatic nitrogens is 4. The van der Waals surface area contributed by atoms with E-state index in [1.165, 1.54) is 22.8 Å². The van der Waals surface area contributed by atoms with Gasteiger partial charge in [0.1, 0.15) is 10.6 Å². The molecule has 0 radical (unpaired) electrons. The van der Waals surface area contributed by atoms with Gasteiger partial charge in [0.25, 0.3) is 11.8 Å². The van der Waals surface area contributed by atoms with Crippen LogP contribution in [-0.4, -0.2) is 51.2 Å². The smallest absolute Gasteiger partial charge is 0.272 e. The number of hydrogen-bond acceptors (Lipinski definition) is 6. The van der Waals surface area contributed by atoms with Crippen molar-refractivity contribution in [1.29, 1.82) is 0 Å². The van der Waals surface area contributed by atoms with Crippen LogP contribution in [0.4, 0.5) is 11.5 Å². The molecule has 5 rings (SSSR count). The van der Waals surface area contributed by atoms with E-state index in [0.29, 0.717) is 23.4 Å². The second-order valence-electron chi connectivity index (χ2n) is 7.84. The molecule has 0 atom stereocenters. The number of benzene rings is 1. The molecule has 1 aliphatic rings. The van der Waals surface area contributed by atoms with Crippen molar-refractivity contribution in [3.63, 3.8) is 0 Å². The molecular formula is C23H21N7O4S. The summed E-state index contributed by atoms with van der Waals surface area (Å²) < 4.78 is 27.4. The van der Waals surface area contributed by atoms with Gasteiger partial charge in [-0.1, -0.05) is 12.1 Å². The van der Waals surface area contributed by atoms with Gasteiger partial charge in [-0.25, -0.2) is 8.42 Å². The molecule has 2 amide bonds. The number of para-hydroxylation sites is 1. The number of anilines is 2. The standard InChI is InChI=1S/C23H21N7O4S/c31-22(16-6-1-2-7-18(16)26-23(32)20-8-4-11-25-20)27-21-17-14-30(12-9-19(17)28-29-21)35(33,34)15-5-3-10-24-13-15/h1-8,10-11,13,25H,9,12,14H2,(H,26,32)(H2,27,28,29,31). The Morgan fingerprint density at radius 2 is 1.86 bits per heavy atom. The van der Waals surface area contributed by atoms with Crippen LogP contribution in [0.1, 0.15) is 32.1 Å². The fourth-order valence-electron chi connectivity index (χ4n) is 3.85. The van der Waals surface area contributed by atoms with Gasteiger partial charge in [0, 0.05) is 49.4 Å². The van der Waals surface area contributed by atoms with E-state index in [1.54, 1.807) is 48.7 Å². The highest BCUT2D eigenvalue weighted by molar-refractivity contribution is 7.89. The number of carbonyl (C=O) groups excluding carboxylic acids is 2. The minimum Gasteiger partial charge on any atom is -0.357 e. The Hall–Kier alpha value is -4.29. The zero-order valence-corrected chi connectivity index (χ0v) is 19.2. The molecule has 1 aliphatic heterocycles. The number of rotatable bonds is 6. The van der Waals surface area contributed by atoms with Crippen molar-refractivity contribution < 1.29 is 18.0 Å². The predicted octanol–water partition coefficient (Wildman–Crippen LogP) is 2.38. The first-order chi connectivity index (χ1) is 16.9. The number of nitrogens with one attached hydrogen (secondary N) is 4. The Morgan fingerprint density at radius 1 is 1.00 bits per heavy atom. The first kappa shape index (κ1) is 22.5. The Labute approximate surface area is 200 Å². The number of amides is 2. The maximum absolute atomic E-state index is 13.1. The lowest BCUT2D eigenvalue weighted by molar-refractivity contribution is 0.102. The van der Waals surface area contributed by atoms with Crippen molar-refractivity contribution in [2.45, 2.75) is 17.9 Å². The number of hydrogen-bond donors (Lipinski definition) is 4. The maximum Gasteiger partial charge on any atom is 0.272 e. The third-order valence-corrected chi connectivity index (χ3v) is 7.49. The first-order valence-corrected chi connectivity index (χ1v) is 12.2. The largest absolute Gasteiger partial charge is 0.357 e. The highest BCUT2D eigenvalue weighted by Crippen LogP contribution is 2.28. The van der Waals surface area contributed by atoms with Crippen LogP contribution in [0.3, 0.4) is 0 Å². The van der Waals surface area contributed by atoms with Crippen LogP contribution in [0.5, 0.6) is 0 Å². The highest BCUT2D eigenvalue weighted by atomic mass is 32.2. The fourth-order valence-corrected chi connectivity index (χ4v) is 5.23.